The van der Waals surface area contributed by atoms with Gasteiger partial charge in [-0.3, -0.25) is 9.59 Å². The number of carbonyl (C=O) groups is 2. The van der Waals surface area contributed by atoms with Crippen molar-refractivity contribution < 1.29 is 14.3 Å². The number of anilines is 1. The molecule has 110 valence electrons. The first-order chi connectivity index (χ1) is 9.62. The molecule has 0 bridgehead atoms. The molecule has 1 rings (SSSR count). The van der Waals surface area contributed by atoms with Crippen molar-refractivity contribution >= 4 is 17.5 Å². The summed E-state index contributed by atoms with van der Waals surface area (Å²) in [7, 11) is 3.24. The minimum atomic E-state index is -0.249. The largest absolute Gasteiger partial charge is 0.495 e. The fraction of sp³-hybridized carbons (Fsp3) is 0.429. The Morgan fingerprint density at radius 1 is 1.30 bits per heavy atom. The highest BCUT2D eigenvalue weighted by atomic mass is 16.5. The van der Waals surface area contributed by atoms with E-state index >= 15 is 0 Å². The predicted molar refractivity (Wildman–Crippen MR) is 77.8 cm³/mol. The van der Waals surface area contributed by atoms with Gasteiger partial charge in [0.2, 0.25) is 11.8 Å². The zero-order chi connectivity index (χ0) is 15.0. The lowest BCUT2D eigenvalue weighted by molar-refractivity contribution is -0.133. The first-order valence-electron chi connectivity index (χ1n) is 6.47. The molecule has 0 saturated carbocycles. The number of methoxy groups -OCH3 is 1. The number of benzene rings is 1. The number of nitrogens with one attached hydrogen (secondary N) is 2. The molecule has 0 fully saturated rings. The summed E-state index contributed by atoms with van der Waals surface area (Å²) in [5.74, 6) is 0.233. The molecular weight excluding hydrogens is 258 g/mol. The van der Waals surface area contributed by atoms with E-state index in [9.17, 15) is 9.59 Å². The average Bonchev–Trinajstić information content (AvgIpc) is 2.45. The maximum absolute atomic E-state index is 12.0. The molecule has 0 saturated heterocycles. The van der Waals surface area contributed by atoms with Gasteiger partial charge in [0.05, 0.1) is 25.9 Å². The SMILES string of the molecule is CCN(CC(=O)Nc1ccccc1OC)C(=O)CNC. The first kappa shape index (κ1) is 16.0. The normalized spacial score (nSPS) is 9.95. The number of carbonyl (C=O) groups excluding carboxylic acids is 2. The summed E-state index contributed by atoms with van der Waals surface area (Å²) in [6, 6.07) is 7.15. The second-order valence-corrected chi connectivity index (χ2v) is 4.19. The molecule has 0 atom stereocenters. The molecule has 0 unspecified atom stereocenters. The third kappa shape index (κ3) is 4.55. The summed E-state index contributed by atoms with van der Waals surface area (Å²) >= 11 is 0. The zero-order valence-corrected chi connectivity index (χ0v) is 12.1. The van der Waals surface area contributed by atoms with Crippen LogP contribution in [0, 0.1) is 0 Å². The van der Waals surface area contributed by atoms with Crippen LogP contribution in [0.25, 0.3) is 0 Å². The Labute approximate surface area is 119 Å². The van der Waals surface area contributed by atoms with Crippen LogP contribution in [0.15, 0.2) is 24.3 Å². The van der Waals surface area contributed by atoms with Gasteiger partial charge in [-0.15, -0.1) is 0 Å². The summed E-state index contributed by atoms with van der Waals surface area (Å²) in [5.41, 5.74) is 0.595. The van der Waals surface area contributed by atoms with Crippen molar-refractivity contribution in [3.63, 3.8) is 0 Å². The summed E-state index contributed by atoms with van der Waals surface area (Å²) in [6.45, 7) is 2.56. The summed E-state index contributed by atoms with van der Waals surface area (Å²) in [6.07, 6.45) is 0. The van der Waals surface area contributed by atoms with E-state index in [2.05, 4.69) is 10.6 Å². The Balaban J connectivity index is 2.64. The molecule has 2 amide bonds. The molecule has 0 spiro atoms. The number of hydrogen-bond acceptors (Lipinski definition) is 4. The van der Waals surface area contributed by atoms with Gasteiger partial charge in [0.25, 0.3) is 0 Å². The molecule has 1 aromatic rings. The lowest BCUT2D eigenvalue weighted by Crippen LogP contribution is -2.41. The van der Waals surface area contributed by atoms with Crippen molar-refractivity contribution in [1.82, 2.24) is 10.2 Å². The zero-order valence-electron chi connectivity index (χ0n) is 12.1. The molecule has 0 aliphatic heterocycles. The second-order valence-electron chi connectivity index (χ2n) is 4.19. The fourth-order valence-corrected chi connectivity index (χ4v) is 1.75. The van der Waals surface area contributed by atoms with Gasteiger partial charge in [0.15, 0.2) is 0 Å². The van der Waals surface area contributed by atoms with Gasteiger partial charge in [-0.25, -0.2) is 0 Å². The van der Waals surface area contributed by atoms with E-state index in [1.165, 1.54) is 4.90 Å². The number of rotatable bonds is 7. The van der Waals surface area contributed by atoms with E-state index in [0.29, 0.717) is 18.0 Å². The second kappa shape index (κ2) is 8.16. The molecule has 0 aliphatic rings. The Kier molecular flexibility index (Phi) is 6.52. The number of likely N-dealkylation sites (N-methyl/N-ethyl adjacent to an activating group) is 2. The van der Waals surface area contributed by atoms with Crippen molar-refractivity contribution in [3.05, 3.63) is 24.3 Å². The Morgan fingerprint density at radius 2 is 2.00 bits per heavy atom. The molecule has 0 heterocycles. The maximum Gasteiger partial charge on any atom is 0.244 e. The lowest BCUT2D eigenvalue weighted by Gasteiger charge is -2.20. The van der Waals surface area contributed by atoms with E-state index in [4.69, 9.17) is 4.74 Å². The number of amides is 2. The molecule has 20 heavy (non-hydrogen) atoms. The fourth-order valence-electron chi connectivity index (χ4n) is 1.75. The van der Waals surface area contributed by atoms with Crippen LogP contribution in [0.5, 0.6) is 5.75 Å². The van der Waals surface area contributed by atoms with E-state index in [1.807, 2.05) is 19.1 Å². The smallest absolute Gasteiger partial charge is 0.244 e. The third-order valence-corrected chi connectivity index (χ3v) is 2.78. The van der Waals surface area contributed by atoms with E-state index in [-0.39, 0.29) is 24.9 Å². The molecule has 0 radical (unpaired) electrons. The summed E-state index contributed by atoms with van der Waals surface area (Å²) in [5, 5.41) is 5.53. The first-order valence-corrected chi connectivity index (χ1v) is 6.47. The van der Waals surface area contributed by atoms with Crippen molar-refractivity contribution in [2.24, 2.45) is 0 Å². The average molecular weight is 279 g/mol. The highest BCUT2D eigenvalue weighted by Gasteiger charge is 2.15. The van der Waals surface area contributed by atoms with Crippen LogP contribution in [-0.2, 0) is 9.59 Å². The van der Waals surface area contributed by atoms with Crippen molar-refractivity contribution in [2.75, 3.05) is 39.1 Å². The van der Waals surface area contributed by atoms with Gasteiger partial charge in [-0.2, -0.15) is 0 Å². The van der Waals surface area contributed by atoms with Gasteiger partial charge < -0.3 is 20.3 Å². The van der Waals surface area contributed by atoms with Crippen molar-refractivity contribution in [2.45, 2.75) is 6.92 Å². The number of hydrogen-bond donors (Lipinski definition) is 2. The molecule has 2 N–H and O–H groups in total. The molecule has 0 aromatic heterocycles. The Hall–Kier alpha value is -2.08. The maximum atomic E-state index is 12.0. The van der Waals surface area contributed by atoms with Crippen LogP contribution < -0.4 is 15.4 Å². The van der Waals surface area contributed by atoms with Crippen LogP contribution in [0.1, 0.15) is 6.92 Å². The van der Waals surface area contributed by atoms with E-state index in [0.717, 1.165) is 0 Å². The standard InChI is InChI=1S/C14H21N3O3/c1-4-17(14(19)9-15-2)10-13(18)16-11-7-5-6-8-12(11)20-3/h5-8,15H,4,9-10H2,1-3H3,(H,16,18). The van der Waals surface area contributed by atoms with E-state index < -0.39 is 0 Å². The molecule has 6 heteroatoms. The van der Waals surface area contributed by atoms with Gasteiger partial charge >= 0.3 is 0 Å². The predicted octanol–water partition coefficient (Wildman–Crippen LogP) is 0.702. The van der Waals surface area contributed by atoms with Crippen LogP contribution in [0.3, 0.4) is 0 Å². The van der Waals surface area contributed by atoms with Crippen LogP contribution in [-0.4, -0.2) is 50.5 Å². The van der Waals surface area contributed by atoms with Crippen LogP contribution in [0.2, 0.25) is 0 Å². The number of nitrogens with zero attached hydrogens (tertiary/aromatic N) is 1. The molecule has 0 aliphatic carbocycles. The molecular formula is C14H21N3O3. The van der Waals surface area contributed by atoms with Crippen molar-refractivity contribution in [1.29, 1.82) is 0 Å². The topological polar surface area (TPSA) is 70.7 Å². The summed E-state index contributed by atoms with van der Waals surface area (Å²) in [4.78, 5) is 25.2. The van der Waals surface area contributed by atoms with Crippen LogP contribution in [0.4, 0.5) is 5.69 Å². The van der Waals surface area contributed by atoms with Crippen molar-refractivity contribution in [3.8, 4) is 5.75 Å². The Morgan fingerprint density at radius 3 is 2.60 bits per heavy atom. The molecule has 6 nitrogen and oxygen atoms in total. The lowest BCUT2D eigenvalue weighted by atomic mass is 10.3. The van der Waals surface area contributed by atoms with Gasteiger partial charge in [-0.05, 0) is 26.1 Å². The van der Waals surface area contributed by atoms with Crippen LogP contribution >= 0.6 is 0 Å². The summed E-state index contributed by atoms with van der Waals surface area (Å²) < 4.78 is 5.16. The minimum Gasteiger partial charge on any atom is -0.495 e. The third-order valence-electron chi connectivity index (χ3n) is 2.78. The number of para-hydroxylation sites is 2. The monoisotopic (exact) mass is 279 g/mol. The van der Waals surface area contributed by atoms with E-state index in [1.54, 1.807) is 26.3 Å². The molecule has 1 aromatic carbocycles. The minimum absolute atomic E-state index is 0.0229. The number of ether oxygens (including phenoxy) is 1. The Bertz CT molecular complexity index is 463. The quantitative estimate of drug-likeness (QED) is 0.771. The van der Waals surface area contributed by atoms with Gasteiger partial charge in [-0.1, -0.05) is 12.1 Å². The van der Waals surface area contributed by atoms with Gasteiger partial charge in [0.1, 0.15) is 5.75 Å². The van der Waals surface area contributed by atoms with Gasteiger partial charge in [0, 0.05) is 6.54 Å². The highest BCUT2D eigenvalue weighted by Crippen LogP contribution is 2.22. The highest BCUT2D eigenvalue weighted by molar-refractivity contribution is 5.95.